The van der Waals surface area contributed by atoms with Crippen LogP contribution in [0.5, 0.6) is 5.75 Å². The van der Waals surface area contributed by atoms with Crippen LogP contribution >= 0.6 is 0 Å². The van der Waals surface area contributed by atoms with E-state index in [2.05, 4.69) is 22.2 Å². The summed E-state index contributed by atoms with van der Waals surface area (Å²) in [5.41, 5.74) is 1.01. The molecule has 156 valence electrons. The maximum absolute atomic E-state index is 12.0. The van der Waals surface area contributed by atoms with Crippen LogP contribution in [0.25, 0.3) is 0 Å². The van der Waals surface area contributed by atoms with Gasteiger partial charge in [-0.15, -0.1) is 0 Å². The Hall–Kier alpha value is -2.06. The van der Waals surface area contributed by atoms with Crippen molar-refractivity contribution in [1.29, 1.82) is 0 Å². The van der Waals surface area contributed by atoms with Crippen LogP contribution in [0.1, 0.15) is 32.3 Å². The molecule has 0 aliphatic carbocycles. The van der Waals surface area contributed by atoms with Gasteiger partial charge >= 0.3 is 0 Å². The highest BCUT2D eigenvalue weighted by molar-refractivity contribution is 7.89. The van der Waals surface area contributed by atoms with Crippen molar-refractivity contribution in [3.8, 4) is 5.75 Å². The van der Waals surface area contributed by atoms with Gasteiger partial charge in [-0.3, -0.25) is 0 Å². The number of para-hydroxylation sites is 1. The molecule has 0 unspecified atom stereocenters. The molecule has 1 aromatic carbocycles. The van der Waals surface area contributed by atoms with Gasteiger partial charge in [0.2, 0.25) is 10.0 Å². The van der Waals surface area contributed by atoms with E-state index >= 15 is 0 Å². The van der Waals surface area contributed by atoms with Crippen LogP contribution in [0.4, 0.5) is 0 Å². The summed E-state index contributed by atoms with van der Waals surface area (Å²) in [5.74, 6) is 1.70. The number of piperidine rings is 1. The minimum Gasteiger partial charge on any atom is -0.489 e. The van der Waals surface area contributed by atoms with Crippen molar-refractivity contribution in [2.45, 2.75) is 39.3 Å². The standard InChI is InChI=1S/C20H32N4O3S/c1-4-15-27-19-10-8-7-9-17(19)16-22-20(21-5-2)23-18-11-13-24(14-12-18)28(25,26)6-3/h4,7-10,18H,1,5-6,11-16H2,2-3H3,(H2,21,22,23). The summed E-state index contributed by atoms with van der Waals surface area (Å²) < 4.78 is 31.3. The van der Waals surface area contributed by atoms with E-state index < -0.39 is 10.0 Å². The van der Waals surface area contributed by atoms with Crippen LogP contribution in [-0.4, -0.2) is 56.7 Å². The van der Waals surface area contributed by atoms with Crippen LogP contribution in [0, 0.1) is 0 Å². The Morgan fingerprint density at radius 3 is 2.68 bits per heavy atom. The second-order valence-corrected chi connectivity index (χ2v) is 8.88. The molecule has 0 spiro atoms. The van der Waals surface area contributed by atoms with E-state index in [1.54, 1.807) is 17.3 Å². The lowest BCUT2D eigenvalue weighted by Crippen LogP contribution is -2.50. The van der Waals surface area contributed by atoms with Crippen molar-refractivity contribution in [1.82, 2.24) is 14.9 Å². The molecule has 0 atom stereocenters. The minimum atomic E-state index is -3.10. The second kappa shape index (κ2) is 11.1. The van der Waals surface area contributed by atoms with Crippen LogP contribution in [-0.2, 0) is 16.6 Å². The first-order valence-electron chi connectivity index (χ1n) is 9.84. The number of rotatable bonds is 9. The van der Waals surface area contributed by atoms with Crippen molar-refractivity contribution in [2.24, 2.45) is 4.99 Å². The van der Waals surface area contributed by atoms with Crippen molar-refractivity contribution in [3.05, 3.63) is 42.5 Å². The number of guanidine groups is 1. The minimum absolute atomic E-state index is 0.155. The monoisotopic (exact) mass is 408 g/mol. The average molecular weight is 409 g/mol. The average Bonchev–Trinajstić information content (AvgIpc) is 2.71. The lowest BCUT2D eigenvalue weighted by atomic mass is 10.1. The van der Waals surface area contributed by atoms with Gasteiger partial charge in [-0.05, 0) is 32.8 Å². The van der Waals surface area contributed by atoms with Gasteiger partial charge in [-0.2, -0.15) is 0 Å². The molecule has 8 heteroatoms. The van der Waals surface area contributed by atoms with Gasteiger partial charge in [-0.1, -0.05) is 30.9 Å². The molecule has 0 bridgehead atoms. The summed E-state index contributed by atoms with van der Waals surface area (Å²) in [6.07, 6.45) is 3.25. The molecule has 1 heterocycles. The molecule has 0 amide bonds. The smallest absolute Gasteiger partial charge is 0.213 e. The van der Waals surface area contributed by atoms with Gasteiger partial charge in [0, 0.05) is 31.2 Å². The van der Waals surface area contributed by atoms with Crippen molar-refractivity contribution in [2.75, 3.05) is 32.0 Å². The van der Waals surface area contributed by atoms with Crippen molar-refractivity contribution in [3.63, 3.8) is 0 Å². The maximum Gasteiger partial charge on any atom is 0.213 e. The Morgan fingerprint density at radius 2 is 2.04 bits per heavy atom. The Labute approximate surface area is 168 Å². The molecule has 2 rings (SSSR count). The number of nitrogens with zero attached hydrogens (tertiary/aromatic N) is 2. The molecular weight excluding hydrogens is 376 g/mol. The largest absolute Gasteiger partial charge is 0.489 e. The van der Waals surface area contributed by atoms with Crippen LogP contribution in [0.15, 0.2) is 41.9 Å². The van der Waals surface area contributed by atoms with Gasteiger partial charge in [0.15, 0.2) is 5.96 Å². The number of nitrogens with one attached hydrogen (secondary N) is 2. The van der Waals surface area contributed by atoms with Gasteiger partial charge in [-0.25, -0.2) is 17.7 Å². The SMILES string of the molecule is C=CCOc1ccccc1CN=C(NCC)NC1CCN(S(=O)(=O)CC)CC1. The molecular formula is C20H32N4O3S. The van der Waals surface area contributed by atoms with E-state index in [1.807, 2.05) is 31.2 Å². The third kappa shape index (κ3) is 6.53. The fraction of sp³-hybridized carbons (Fsp3) is 0.550. The zero-order valence-electron chi connectivity index (χ0n) is 16.9. The lowest BCUT2D eigenvalue weighted by Gasteiger charge is -2.32. The summed E-state index contributed by atoms with van der Waals surface area (Å²) in [4.78, 5) is 4.69. The molecule has 1 aliphatic rings. The zero-order valence-corrected chi connectivity index (χ0v) is 17.7. The molecule has 28 heavy (non-hydrogen) atoms. The molecule has 0 radical (unpaired) electrons. The molecule has 1 aliphatic heterocycles. The highest BCUT2D eigenvalue weighted by atomic mass is 32.2. The Bertz CT molecular complexity index is 756. The predicted octanol–water partition coefficient (Wildman–Crippen LogP) is 2.12. The van der Waals surface area contributed by atoms with Crippen LogP contribution < -0.4 is 15.4 Å². The van der Waals surface area contributed by atoms with Gasteiger partial charge < -0.3 is 15.4 Å². The lowest BCUT2D eigenvalue weighted by molar-refractivity contribution is 0.306. The van der Waals surface area contributed by atoms with E-state index in [9.17, 15) is 8.42 Å². The van der Waals surface area contributed by atoms with E-state index in [-0.39, 0.29) is 11.8 Å². The number of sulfonamides is 1. The number of hydrogen-bond donors (Lipinski definition) is 2. The van der Waals surface area contributed by atoms with E-state index in [0.29, 0.717) is 26.2 Å². The predicted molar refractivity (Wildman–Crippen MR) is 114 cm³/mol. The van der Waals surface area contributed by atoms with Gasteiger partial charge in [0.1, 0.15) is 12.4 Å². The first-order valence-corrected chi connectivity index (χ1v) is 11.4. The normalized spacial score (nSPS) is 16.6. The first-order chi connectivity index (χ1) is 13.5. The van der Waals surface area contributed by atoms with Crippen molar-refractivity contribution >= 4 is 16.0 Å². The van der Waals surface area contributed by atoms with Crippen LogP contribution in [0.3, 0.4) is 0 Å². The molecule has 1 saturated heterocycles. The molecule has 1 fully saturated rings. The number of hydrogen-bond acceptors (Lipinski definition) is 4. The summed E-state index contributed by atoms with van der Waals surface area (Å²) in [6.45, 7) is 10.2. The Morgan fingerprint density at radius 1 is 1.32 bits per heavy atom. The van der Waals surface area contributed by atoms with E-state index in [1.165, 1.54) is 0 Å². The number of aliphatic imine (C=N–C) groups is 1. The fourth-order valence-electron chi connectivity index (χ4n) is 3.06. The quantitative estimate of drug-likeness (QED) is 0.372. The molecule has 0 saturated carbocycles. The molecule has 1 aromatic rings. The Kier molecular flexibility index (Phi) is 8.79. The van der Waals surface area contributed by atoms with Crippen LogP contribution in [0.2, 0.25) is 0 Å². The Balaban J connectivity index is 1.98. The second-order valence-electron chi connectivity index (χ2n) is 6.62. The molecule has 7 nitrogen and oxygen atoms in total. The topological polar surface area (TPSA) is 83.0 Å². The molecule has 0 aromatic heterocycles. The maximum atomic E-state index is 12.0. The fourth-order valence-corrected chi connectivity index (χ4v) is 4.19. The highest BCUT2D eigenvalue weighted by Gasteiger charge is 2.27. The first kappa shape index (κ1) is 22.2. The third-order valence-electron chi connectivity index (χ3n) is 4.63. The zero-order chi connectivity index (χ0) is 20.4. The highest BCUT2D eigenvalue weighted by Crippen LogP contribution is 2.19. The number of ether oxygens (including phenoxy) is 1. The number of benzene rings is 1. The van der Waals surface area contributed by atoms with Gasteiger partial charge in [0.25, 0.3) is 0 Å². The third-order valence-corrected chi connectivity index (χ3v) is 6.52. The summed E-state index contributed by atoms with van der Waals surface area (Å²) >= 11 is 0. The van der Waals surface area contributed by atoms with Gasteiger partial charge in [0.05, 0.1) is 12.3 Å². The summed E-state index contributed by atoms with van der Waals surface area (Å²) in [7, 11) is -3.10. The van der Waals surface area contributed by atoms with E-state index in [0.717, 1.165) is 36.7 Å². The van der Waals surface area contributed by atoms with Crippen molar-refractivity contribution < 1.29 is 13.2 Å². The molecule has 2 N–H and O–H groups in total. The van der Waals surface area contributed by atoms with E-state index in [4.69, 9.17) is 4.74 Å². The summed E-state index contributed by atoms with van der Waals surface area (Å²) in [6, 6.07) is 8.04. The summed E-state index contributed by atoms with van der Waals surface area (Å²) in [5, 5.41) is 6.71.